The molecule has 2 aromatic heterocycles. The molecule has 0 spiro atoms. The van der Waals surface area contributed by atoms with E-state index in [0.29, 0.717) is 6.54 Å². The molecule has 1 amide bonds. The van der Waals surface area contributed by atoms with Crippen molar-refractivity contribution in [3.05, 3.63) is 59.2 Å². The molecule has 2 aliphatic rings. The number of nitrogens with zero attached hydrogens (tertiary/aromatic N) is 7. The highest BCUT2D eigenvalue weighted by molar-refractivity contribution is 5.80. The van der Waals surface area contributed by atoms with Crippen LogP contribution in [0.5, 0.6) is 0 Å². The molecule has 2 saturated heterocycles. The van der Waals surface area contributed by atoms with Crippen molar-refractivity contribution in [2.75, 3.05) is 49.1 Å². The number of piperazine rings is 1. The molecular formula is C27H35N7O. The van der Waals surface area contributed by atoms with Crippen LogP contribution in [0.2, 0.25) is 0 Å². The van der Waals surface area contributed by atoms with Crippen molar-refractivity contribution in [1.29, 1.82) is 0 Å². The molecular weight excluding hydrogens is 438 g/mol. The summed E-state index contributed by atoms with van der Waals surface area (Å²) in [4.78, 5) is 29.1. The van der Waals surface area contributed by atoms with E-state index >= 15 is 0 Å². The SMILES string of the molecule is Cc1ccc(C)c(N2CCN(C(=O)C3CCCN(c4cc(-n5nc(C)cc5C)ncn4)C3)CC2)c1. The van der Waals surface area contributed by atoms with Crippen LogP contribution >= 0.6 is 0 Å². The molecule has 8 nitrogen and oxygen atoms in total. The normalized spacial score (nSPS) is 18.7. The lowest BCUT2D eigenvalue weighted by Gasteiger charge is -2.40. The summed E-state index contributed by atoms with van der Waals surface area (Å²) in [6, 6.07) is 10.6. The van der Waals surface area contributed by atoms with Crippen LogP contribution in [0.1, 0.15) is 35.4 Å². The lowest BCUT2D eigenvalue weighted by molar-refractivity contribution is -0.136. The summed E-state index contributed by atoms with van der Waals surface area (Å²) in [7, 11) is 0. The summed E-state index contributed by atoms with van der Waals surface area (Å²) in [5, 5.41) is 4.55. The van der Waals surface area contributed by atoms with Crippen molar-refractivity contribution >= 4 is 17.4 Å². The van der Waals surface area contributed by atoms with Crippen LogP contribution in [0.3, 0.4) is 0 Å². The Kier molecular flexibility index (Phi) is 6.45. The average molecular weight is 474 g/mol. The molecule has 35 heavy (non-hydrogen) atoms. The molecule has 4 heterocycles. The molecule has 3 aromatic rings. The van der Waals surface area contributed by atoms with Crippen LogP contribution in [0, 0.1) is 33.6 Å². The first kappa shape index (κ1) is 23.3. The Hall–Kier alpha value is -3.42. The number of aryl methyl sites for hydroxylation is 4. The maximum atomic E-state index is 13.5. The van der Waals surface area contributed by atoms with Gasteiger partial charge in [0.2, 0.25) is 5.91 Å². The summed E-state index contributed by atoms with van der Waals surface area (Å²) in [5.41, 5.74) is 5.87. The van der Waals surface area contributed by atoms with Gasteiger partial charge in [0.05, 0.1) is 11.6 Å². The predicted molar refractivity (Wildman–Crippen MR) is 138 cm³/mol. The maximum absolute atomic E-state index is 13.5. The Labute approximate surface area is 207 Å². The van der Waals surface area contributed by atoms with E-state index in [1.165, 1.54) is 16.8 Å². The second-order valence-corrected chi connectivity index (χ2v) is 9.96. The third-order valence-electron chi connectivity index (χ3n) is 7.26. The van der Waals surface area contributed by atoms with Gasteiger partial charge in [0.15, 0.2) is 5.82 Å². The number of benzene rings is 1. The fourth-order valence-corrected chi connectivity index (χ4v) is 5.36. The van der Waals surface area contributed by atoms with Crippen LogP contribution in [0.15, 0.2) is 36.7 Å². The first-order valence-electron chi connectivity index (χ1n) is 12.6. The van der Waals surface area contributed by atoms with E-state index in [9.17, 15) is 4.79 Å². The average Bonchev–Trinajstić information content (AvgIpc) is 3.23. The van der Waals surface area contributed by atoms with Gasteiger partial charge in [0.25, 0.3) is 0 Å². The molecule has 0 saturated carbocycles. The van der Waals surface area contributed by atoms with E-state index in [1.807, 2.05) is 30.7 Å². The highest BCUT2D eigenvalue weighted by Gasteiger charge is 2.32. The number of carbonyl (C=O) groups excluding carboxylic acids is 1. The first-order valence-corrected chi connectivity index (χ1v) is 12.6. The zero-order chi connectivity index (χ0) is 24.5. The predicted octanol–water partition coefficient (Wildman–Crippen LogP) is 3.46. The summed E-state index contributed by atoms with van der Waals surface area (Å²) in [6.07, 6.45) is 3.51. The van der Waals surface area contributed by atoms with Gasteiger partial charge in [-0.15, -0.1) is 0 Å². The number of hydrogen-bond acceptors (Lipinski definition) is 6. The van der Waals surface area contributed by atoms with Crippen molar-refractivity contribution in [2.45, 2.75) is 40.5 Å². The molecule has 184 valence electrons. The second-order valence-electron chi connectivity index (χ2n) is 9.96. The van der Waals surface area contributed by atoms with Gasteiger partial charge >= 0.3 is 0 Å². The summed E-state index contributed by atoms with van der Waals surface area (Å²) < 4.78 is 1.85. The van der Waals surface area contributed by atoms with Crippen molar-refractivity contribution in [3.63, 3.8) is 0 Å². The third-order valence-corrected chi connectivity index (χ3v) is 7.26. The molecule has 2 aliphatic heterocycles. The minimum absolute atomic E-state index is 0.00288. The number of hydrogen-bond donors (Lipinski definition) is 0. The van der Waals surface area contributed by atoms with Gasteiger partial charge in [-0.1, -0.05) is 12.1 Å². The van der Waals surface area contributed by atoms with Crippen molar-refractivity contribution in [2.24, 2.45) is 5.92 Å². The van der Waals surface area contributed by atoms with Crippen LogP contribution in [-0.2, 0) is 4.79 Å². The summed E-state index contributed by atoms with van der Waals surface area (Å²) >= 11 is 0. The van der Waals surface area contributed by atoms with E-state index in [1.54, 1.807) is 6.33 Å². The van der Waals surface area contributed by atoms with Crippen molar-refractivity contribution < 1.29 is 4.79 Å². The zero-order valence-electron chi connectivity index (χ0n) is 21.2. The van der Waals surface area contributed by atoms with E-state index in [4.69, 9.17) is 0 Å². The Morgan fingerprint density at radius 1 is 0.886 bits per heavy atom. The standard InChI is InChI=1S/C27H35N7O/c1-19-7-8-20(2)24(14-19)31-10-12-32(13-11-31)27(35)23-6-5-9-33(17-23)25-16-26(29-18-28-25)34-22(4)15-21(3)30-34/h7-8,14-16,18,23H,5-6,9-13,17H2,1-4H3. The Morgan fingerprint density at radius 2 is 1.66 bits per heavy atom. The first-order chi connectivity index (χ1) is 16.9. The minimum atomic E-state index is 0.00288. The molecule has 8 heteroatoms. The van der Waals surface area contributed by atoms with E-state index in [0.717, 1.165) is 68.6 Å². The van der Waals surface area contributed by atoms with Gasteiger partial charge in [0, 0.05) is 56.7 Å². The van der Waals surface area contributed by atoms with Gasteiger partial charge in [-0.3, -0.25) is 4.79 Å². The molecule has 1 unspecified atom stereocenters. The van der Waals surface area contributed by atoms with E-state index in [-0.39, 0.29) is 11.8 Å². The van der Waals surface area contributed by atoms with Crippen molar-refractivity contribution in [1.82, 2.24) is 24.6 Å². The fourth-order valence-electron chi connectivity index (χ4n) is 5.36. The van der Waals surface area contributed by atoms with Crippen molar-refractivity contribution in [3.8, 4) is 5.82 Å². The van der Waals surface area contributed by atoms with E-state index in [2.05, 4.69) is 61.8 Å². The van der Waals surface area contributed by atoms with Crippen LogP contribution in [-0.4, -0.2) is 69.8 Å². The fraction of sp³-hybridized carbons (Fsp3) is 0.481. The molecule has 0 radical (unpaired) electrons. The van der Waals surface area contributed by atoms with Gasteiger partial charge < -0.3 is 14.7 Å². The number of amides is 1. The number of piperidine rings is 1. The van der Waals surface area contributed by atoms with Crippen LogP contribution in [0.25, 0.3) is 5.82 Å². The summed E-state index contributed by atoms with van der Waals surface area (Å²) in [5.74, 6) is 1.91. The molecule has 0 aliphatic carbocycles. The number of rotatable bonds is 4. The lowest BCUT2D eigenvalue weighted by atomic mass is 9.96. The molecule has 0 bridgehead atoms. The quantitative estimate of drug-likeness (QED) is 0.578. The van der Waals surface area contributed by atoms with E-state index < -0.39 is 0 Å². The monoisotopic (exact) mass is 473 g/mol. The van der Waals surface area contributed by atoms with Gasteiger partial charge in [-0.2, -0.15) is 5.10 Å². The Balaban J connectivity index is 1.24. The highest BCUT2D eigenvalue weighted by Crippen LogP contribution is 2.26. The molecule has 1 atom stereocenters. The maximum Gasteiger partial charge on any atom is 0.227 e. The zero-order valence-corrected chi connectivity index (χ0v) is 21.2. The van der Waals surface area contributed by atoms with Crippen LogP contribution in [0.4, 0.5) is 11.5 Å². The number of carbonyl (C=O) groups is 1. The van der Waals surface area contributed by atoms with Crippen LogP contribution < -0.4 is 9.80 Å². The number of aromatic nitrogens is 4. The molecule has 0 N–H and O–H groups in total. The minimum Gasteiger partial charge on any atom is -0.368 e. The topological polar surface area (TPSA) is 70.4 Å². The molecule has 2 fully saturated rings. The van der Waals surface area contributed by atoms with Gasteiger partial charge in [-0.25, -0.2) is 14.6 Å². The highest BCUT2D eigenvalue weighted by atomic mass is 16.2. The second kappa shape index (κ2) is 9.68. The smallest absolute Gasteiger partial charge is 0.227 e. The number of anilines is 2. The Morgan fingerprint density at radius 3 is 2.40 bits per heavy atom. The molecule has 1 aromatic carbocycles. The van der Waals surface area contributed by atoms with Gasteiger partial charge in [-0.05, 0) is 63.8 Å². The lowest BCUT2D eigenvalue weighted by Crippen LogP contribution is -2.52. The summed E-state index contributed by atoms with van der Waals surface area (Å²) in [6.45, 7) is 13.2. The van der Waals surface area contributed by atoms with Gasteiger partial charge in [0.1, 0.15) is 12.1 Å². The molecule has 5 rings (SSSR count). The largest absolute Gasteiger partial charge is 0.368 e. The third kappa shape index (κ3) is 4.88. The Bertz CT molecular complexity index is 1210.